The number of carbonyl (C=O) groups excluding carboxylic acids is 1. The number of aromatic nitrogens is 4. The zero-order chi connectivity index (χ0) is 24.4. The van der Waals surface area contributed by atoms with Gasteiger partial charge in [-0.15, -0.1) is 10.2 Å². The van der Waals surface area contributed by atoms with Crippen molar-refractivity contribution < 1.29 is 9.32 Å². The smallest absolute Gasteiger partial charge is 0.225 e. The molecule has 0 aliphatic heterocycles. The van der Waals surface area contributed by atoms with Crippen LogP contribution >= 0.6 is 0 Å². The lowest BCUT2D eigenvalue weighted by atomic mass is 9.92. The van der Waals surface area contributed by atoms with Gasteiger partial charge in [0.2, 0.25) is 17.5 Å². The van der Waals surface area contributed by atoms with Gasteiger partial charge < -0.3 is 14.4 Å². The van der Waals surface area contributed by atoms with Crippen molar-refractivity contribution in [1.82, 2.24) is 19.9 Å². The molecule has 2 heterocycles. The highest BCUT2D eigenvalue weighted by molar-refractivity contribution is 5.92. The van der Waals surface area contributed by atoms with Crippen molar-refractivity contribution in [2.75, 3.05) is 5.32 Å². The SMILES string of the molecule is Cc1ccc(NC(=O)C[C@H](CC(C)C)c2nnc(-c3cc(CC(C)C)no3)n2C2CC2)c(C)c1. The van der Waals surface area contributed by atoms with Gasteiger partial charge in [-0.3, -0.25) is 4.79 Å². The molecule has 1 fully saturated rings. The maximum Gasteiger partial charge on any atom is 0.225 e. The standard InChI is InChI=1S/C27H37N5O2/c1-16(2)11-20(14-25(33)28-23-10-7-18(5)13-19(23)6)26-29-30-27(32(26)22-8-9-22)24-15-21(31-34-24)12-17(3)4/h7,10,13,15-17,20,22H,8-9,11-12,14H2,1-6H3,(H,28,33)/t20-/m0/s1. The Labute approximate surface area is 202 Å². The van der Waals surface area contributed by atoms with Crippen molar-refractivity contribution in [3.63, 3.8) is 0 Å². The van der Waals surface area contributed by atoms with Gasteiger partial charge in [-0.25, -0.2) is 0 Å². The molecule has 1 atom stereocenters. The molecule has 0 bridgehead atoms. The summed E-state index contributed by atoms with van der Waals surface area (Å²) in [5.74, 6) is 3.17. The van der Waals surface area contributed by atoms with Crippen LogP contribution in [-0.2, 0) is 11.2 Å². The van der Waals surface area contributed by atoms with E-state index in [0.717, 1.165) is 54.3 Å². The number of rotatable bonds is 10. The van der Waals surface area contributed by atoms with Gasteiger partial charge in [0.1, 0.15) is 5.82 Å². The molecule has 3 aromatic rings. The number of carbonyl (C=O) groups is 1. The van der Waals surface area contributed by atoms with Crippen molar-refractivity contribution >= 4 is 11.6 Å². The number of amides is 1. The highest BCUT2D eigenvalue weighted by atomic mass is 16.5. The lowest BCUT2D eigenvalue weighted by Crippen LogP contribution is -2.20. The number of hydrogen-bond donors (Lipinski definition) is 1. The Morgan fingerprint density at radius 2 is 1.88 bits per heavy atom. The molecule has 0 radical (unpaired) electrons. The summed E-state index contributed by atoms with van der Waals surface area (Å²) in [5.41, 5.74) is 4.05. The predicted octanol–water partition coefficient (Wildman–Crippen LogP) is 6.24. The lowest BCUT2D eigenvalue weighted by Gasteiger charge is -2.20. The zero-order valence-corrected chi connectivity index (χ0v) is 21.3. The summed E-state index contributed by atoms with van der Waals surface area (Å²) in [6, 6.07) is 8.42. The van der Waals surface area contributed by atoms with Gasteiger partial charge in [0.25, 0.3) is 0 Å². The third kappa shape index (κ3) is 5.75. The first-order chi connectivity index (χ1) is 16.2. The molecule has 1 aliphatic carbocycles. The monoisotopic (exact) mass is 463 g/mol. The Morgan fingerprint density at radius 3 is 2.53 bits per heavy atom. The van der Waals surface area contributed by atoms with E-state index < -0.39 is 0 Å². The fourth-order valence-electron chi connectivity index (χ4n) is 4.60. The molecule has 7 heteroatoms. The van der Waals surface area contributed by atoms with Crippen molar-refractivity contribution in [3.8, 4) is 11.6 Å². The van der Waals surface area contributed by atoms with Crippen LogP contribution in [0, 0.1) is 25.7 Å². The fraction of sp³-hybridized carbons (Fsp3) is 0.556. The second-order valence-electron chi connectivity index (χ2n) is 10.7. The van der Waals surface area contributed by atoms with Gasteiger partial charge in [-0.05, 0) is 63.0 Å². The summed E-state index contributed by atoms with van der Waals surface area (Å²) in [4.78, 5) is 13.1. The van der Waals surface area contributed by atoms with E-state index in [2.05, 4.69) is 65.9 Å². The van der Waals surface area contributed by atoms with Crippen LogP contribution in [0.2, 0.25) is 0 Å². The molecule has 7 nitrogen and oxygen atoms in total. The van der Waals surface area contributed by atoms with E-state index >= 15 is 0 Å². The average molecular weight is 464 g/mol. The number of nitrogens with one attached hydrogen (secondary N) is 1. The lowest BCUT2D eigenvalue weighted by molar-refractivity contribution is -0.116. The van der Waals surface area contributed by atoms with Crippen LogP contribution in [0.5, 0.6) is 0 Å². The molecule has 1 saturated carbocycles. The maximum atomic E-state index is 13.1. The number of anilines is 1. The fourth-order valence-corrected chi connectivity index (χ4v) is 4.60. The number of aryl methyl sites for hydroxylation is 2. The van der Waals surface area contributed by atoms with Crippen LogP contribution < -0.4 is 5.32 Å². The van der Waals surface area contributed by atoms with Crippen molar-refractivity contribution in [1.29, 1.82) is 0 Å². The second kappa shape index (κ2) is 10.1. The van der Waals surface area contributed by atoms with Crippen LogP contribution in [0.1, 0.15) is 88.0 Å². The van der Waals surface area contributed by atoms with Crippen LogP contribution in [0.3, 0.4) is 0 Å². The number of nitrogens with zero attached hydrogens (tertiary/aromatic N) is 4. The molecular formula is C27H37N5O2. The van der Waals surface area contributed by atoms with Crippen molar-refractivity contribution in [3.05, 3.63) is 46.9 Å². The Kier molecular flexibility index (Phi) is 7.19. The Balaban J connectivity index is 1.60. The summed E-state index contributed by atoms with van der Waals surface area (Å²) < 4.78 is 7.88. The van der Waals surface area contributed by atoms with E-state index in [0.29, 0.717) is 30.1 Å². The number of hydrogen-bond acceptors (Lipinski definition) is 5. The van der Waals surface area contributed by atoms with E-state index in [-0.39, 0.29) is 11.8 Å². The highest BCUT2D eigenvalue weighted by Gasteiger charge is 2.34. The van der Waals surface area contributed by atoms with E-state index in [1.807, 2.05) is 25.1 Å². The van der Waals surface area contributed by atoms with Crippen molar-refractivity contribution in [2.45, 2.75) is 85.6 Å². The van der Waals surface area contributed by atoms with Crippen LogP contribution in [0.15, 0.2) is 28.8 Å². The summed E-state index contributed by atoms with van der Waals surface area (Å²) in [7, 11) is 0. The van der Waals surface area contributed by atoms with Crippen molar-refractivity contribution in [2.24, 2.45) is 11.8 Å². The zero-order valence-electron chi connectivity index (χ0n) is 21.3. The molecule has 0 spiro atoms. The Bertz CT molecular complexity index is 1140. The summed E-state index contributed by atoms with van der Waals surface area (Å²) >= 11 is 0. The van der Waals surface area contributed by atoms with Gasteiger partial charge in [0, 0.05) is 30.1 Å². The van der Waals surface area contributed by atoms with Gasteiger partial charge >= 0.3 is 0 Å². The van der Waals surface area contributed by atoms with Gasteiger partial charge in [0.05, 0.1) is 5.69 Å². The second-order valence-corrected chi connectivity index (χ2v) is 10.7. The first-order valence-corrected chi connectivity index (χ1v) is 12.5. The maximum absolute atomic E-state index is 13.1. The molecule has 1 aliphatic rings. The largest absolute Gasteiger partial charge is 0.353 e. The minimum Gasteiger partial charge on any atom is -0.353 e. The predicted molar refractivity (Wildman–Crippen MR) is 134 cm³/mol. The molecule has 2 aromatic heterocycles. The molecule has 182 valence electrons. The van der Waals surface area contributed by atoms with Gasteiger partial charge in [-0.1, -0.05) is 50.5 Å². The van der Waals surface area contributed by atoms with E-state index in [9.17, 15) is 4.79 Å². The molecular weight excluding hydrogens is 426 g/mol. The molecule has 4 rings (SSSR count). The third-order valence-electron chi connectivity index (χ3n) is 6.24. The molecule has 0 saturated heterocycles. The highest BCUT2D eigenvalue weighted by Crippen LogP contribution is 2.42. The molecule has 1 N–H and O–H groups in total. The van der Waals surface area contributed by atoms with Gasteiger partial charge in [-0.2, -0.15) is 0 Å². The van der Waals surface area contributed by atoms with Gasteiger partial charge in [0.15, 0.2) is 0 Å². The number of benzene rings is 1. The first-order valence-electron chi connectivity index (χ1n) is 12.5. The molecule has 34 heavy (non-hydrogen) atoms. The van der Waals surface area contributed by atoms with Crippen LogP contribution in [-0.4, -0.2) is 25.8 Å². The van der Waals surface area contributed by atoms with Crippen LogP contribution in [0.4, 0.5) is 5.69 Å². The molecule has 0 unspecified atom stereocenters. The summed E-state index contributed by atoms with van der Waals surface area (Å²) in [5, 5.41) is 16.5. The molecule has 1 aromatic carbocycles. The summed E-state index contributed by atoms with van der Waals surface area (Å²) in [6.45, 7) is 12.8. The van der Waals surface area contributed by atoms with E-state index in [1.165, 1.54) is 5.56 Å². The van der Waals surface area contributed by atoms with E-state index in [4.69, 9.17) is 4.52 Å². The topological polar surface area (TPSA) is 85.8 Å². The quantitative estimate of drug-likeness (QED) is 0.384. The normalized spacial score (nSPS) is 14.7. The first kappa shape index (κ1) is 24.2. The Morgan fingerprint density at radius 1 is 1.12 bits per heavy atom. The Hall–Kier alpha value is -2.96. The average Bonchev–Trinajstić information content (AvgIpc) is 3.32. The minimum atomic E-state index is -0.0225. The summed E-state index contributed by atoms with van der Waals surface area (Å²) in [6.07, 6.45) is 4.27. The molecule has 1 amide bonds. The minimum absolute atomic E-state index is 0.00313. The van der Waals surface area contributed by atoms with Crippen LogP contribution in [0.25, 0.3) is 11.6 Å². The third-order valence-corrected chi connectivity index (χ3v) is 6.24. The van der Waals surface area contributed by atoms with E-state index in [1.54, 1.807) is 0 Å².